The average molecular weight is 412 g/mol. The Hall–Kier alpha value is -2.50. The summed E-state index contributed by atoms with van der Waals surface area (Å²) >= 11 is 0. The van der Waals surface area contributed by atoms with Gasteiger partial charge in [0.15, 0.2) is 5.78 Å². The first kappa shape index (κ1) is 23.8. The van der Waals surface area contributed by atoms with Gasteiger partial charge in [-0.2, -0.15) is 0 Å². The van der Waals surface area contributed by atoms with Crippen molar-refractivity contribution in [1.29, 1.82) is 0 Å². The number of aliphatic hydroxyl groups is 2. The van der Waals surface area contributed by atoms with Crippen LogP contribution in [0.1, 0.15) is 71.4 Å². The molecule has 3 unspecified atom stereocenters. The van der Waals surface area contributed by atoms with Crippen molar-refractivity contribution in [3.63, 3.8) is 0 Å². The number of nitrogens with one attached hydrogen (secondary N) is 1. The van der Waals surface area contributed by atoms with E-state index in [9.17, 15) is 19.8 Å². The number of carbonyl (C=O) groups is 2. The van der Waals surface area contributed by atoms with E-state index in [1.165, 1.54) is 6.92 Å². The molecule has 2 aromatic rings. The van der Waals surface area contributed by atoms with Crippen molar-refractivity contribution in [3.05, 3.63) is 70.8 Å². The Morgan fingerprint density at radius 3 is 2.30 bits per heavy atom. The summed E-state index contributed by atoms with van der Waals surface area (Å²) in [5, 5.41) is 24.2. The molecule has 0 heterocycles. The Balaban J connectivity index is 2.21. The predicted octanol–water partition coefficient (Wildman–Crippen LogP) is 3.84. The van der Waals surface area contributed by atoms with Gasteiger partial charge in [-0.15, -0.1) is 0 Å². The van der Waals surface area contributed by atoms with E-state index in [0.717, 1.165) is 30.4 Å². The van der Waals surface area contributed by atoms with Crippen LogP contribution in [0.15, 0.2) is 48.5 Å². The first-order chi connectivity index (χ1) is 14.3. The van der Waals surface area contributed by atoms with Gasteiger partial charge in [-0.05, 0) is 56.0 Å². The quantitative estimate of drug-likeness (QED) is 0.387. The normalized spacial score (nSPS) is 14.0. The van der Waals surface area contributed by atoms with E-state index >= 15 is 0 Å². The SMILES string of the molecule is CCCCCC(O)C(O)C(Cc1ccccc1)NC(=O)c1cc(C)cc(C(C)=O)c1. The van der Waals surface area contributed by atoms with E-state index in [4.69, 9.17) is 0 Å². The fourth-order valence-electron chi connectivity index (χ4n) is 3.54. The molecule has 0 aromatic heterocycles. The molecule has 0 saturated heterocycles. The van der Waals surface area contributed by atoms with Crippen LogP contribution in [0.25, 0.3) is 0 Å². The van der Waals surface area contributed by atoms with Crippen LogP contribution in [0.3, 0.4) is 0 Å². The summed E-state index contributed by atoms with van der Waals surface area (Å²) in [7, 11) is 0. The number of amides is 1. The van der Waals surface area contributed by atoms with Crippen molar-refractivity contribution < 1.29 is 19.8 Å². The van der Waals surface area contributed by atoms with Gasteiger partial charge in [0.1, 0.15) is 6.10 Å². The van der Waals surface area contributed by atoms with Crippen molar-refractivity contribution in [1.82, 2.24) is 5.32 Å². The fourth-order valence-corrected chi connectivity index (χ4v) is 3.54. The van der Waals surface area contributed by atoms with Gasteiger partial charge in [0, 0.05) is 11.1 Å². The number of benzene rings is 2. The lowest BCUT2D eigenvalue weighted by Crippen LogP contribution is -2.49. The molecule has 5 nitrogen and oxygen atoms in total. The summed E-state index contributed by atoms with van der Waals surface area (Å²) < 4.78 is 0. The summed E-state index contributed by atoms with van der Waals surface area (Å²) in [4.78, 5) is 24.7. The zero-order valence-corrected chi connectivity index (χ0v) is 18.1. The van der Waals surface area contributed by atoms with E-state index in [2.05, 4.69) is 12.2 Å². The molecule has 1 amide bonds. The maximum atomic E-state index is 12.9. The Bertz CT molecular complexity index is 834. The first-order valence-electron chi connectivity index (χ1n) is 10.6. The maximum Gasteiger partial charge on any atom is 0.251 e. The molecule has 5 heteroatoms. The van der Waals surface area contributed by atoms with Crippen molar-refractivity contribution >= 4 is 11.7 Å². The lowest BCUT2D eigenvalue weighted by Gasteiger charge is -2.28. The van der Waals surface area contributed by atoms with Crippen LogP contribution >= 0.6 is 0 Å². The highest BCUT2D eigenvalue weighted by molar-refractivity contribution is 6.00. The van der Waals surface area contributed by atoms with Crippen LogP contribution in [0.4, 0.5) is 0 Å². The molecule has 0 saturated carbocycles. The van der Waals surface area contributed by atoms with Crippen molar-refractivity contribution in [2.24, 2.45) is 0 Å². The van der Waals surface area contributed by atoms with Gasteiger partial charge in [-0.3, -0.25) is 9.59 Å². The second-order valence-corrected chi connectivity index (χ2v) is 7.97. The number of hydrogen-bond donors (Lipinski definition) is 3. The van der Waals surface area contributed by atoms with Gasteiger partial charge in [0.05, 0.1) is 12.1 Å². The van der Waals surface area contributed by atoms with E-state index in [0.29, 0.717) is 24.0 Å². The third-order valence-corrected chi connectivity index (χ3v) is 5.27. The van der Waals surface area contributed by atoms with Crippen molar-refractivity contribution in [2.45, 2.75) is 71.1 Å². The average Bonchev–Trinajstić information content (AvgIpc) is 2.73. The van der Waals surface area contributed by atoms with Gasteiger partial charge in [-0.25, -0.2) is 0 Å². The number of Topliss-reactive ketones (excluding diaryl/α,β-unsaturated/α-hetero) is 1. The topological polar surface area (TPSA) is 86.6 Å². The van der Waals surface area contributed by atoms with Crippen molar-refractivity contribution in [2.75, 3.05) is 0 Å². The van der Waals surface area contributed by atoms with E-state index in [1.807, 2.05) is 37.3 Å². The van der Waals surface area contributed by atoms with Gasteiger partial charge < -0.3 is 15.5 Å². The molecule has 2 aromatic carbocycles. The maximum absolute atomic E-state index is 12.9. The number of rotatable bonds is 11. The highest BCUT2D eigenvalue weighted by Crippen LogP contribution is 2.16. The molecule has 0 radical (unpaired) electrons. The van der Waals surface area contributed by atoms with E-state index in [1.54, 1.807) is 18.2 Å². The molecule has 3 N–H and O–H groups in total. The van der Waals surface area contributed by atoms with Gasteiger partial charge in [0.2, 0.25) is 0 Å². The molecule has 3 atom stereocenters. The molecule has 0 aliphatic heterocycles. The van der Waals surface area contributed by atoms with Crippen LogP contribution in [0.5, 0.6) is 0 Å². The summed E-state index contributed by atoms with van der Waals surface area (Å²) in [5.41, 5.74) is 2.61. The zero-order chi connectivity index (χ0) is 22.1. The first-order valence-corrected chi connectivity index (χ1v) is 10.6. The van der Waals surface area contributed by atoms with E-state index < -0.39 is 18.2 Å². The standard InChI is InChI=1S/C25H33NO4/c1-4-5-7-12-23(28)24(29)22(15-19-10-8-6-9-11-19)26-25(30)21-14-17(2)13-20(16-21)18(3)27/h6,8-11,13-14,16,22-24,28-29H,4-5,7,12,15H2,1-3H3,(H,26,30). The Kier molecular flexibility index (Phi) is 9.21. The number of unbranched alkanes of at least 4 members (excludes halogenated alkanes) is 2. The third kappa shape index (κ3) is 7.08. The third-order valence-electron chi connectivity index (χ3n) is 5.27. The van der Waals surface area contributed by atoms with Gasteiger partial charge >= 0.3 is 0 Å². The summed E-state index contributed by atoms with van der Waals surface area (Å²) in [6.07, 6.45) is 1.69. The van der Waals surface area contributed by atoms with Gasteiger partial charge in [0.25, 0.3) is 5.91 Å². The Morgan fingerprint density at radius 1 is 1.00 bits per heavy atom. The largest absolute Gasteiger partial charge is 0.390 e. The number of aliphatic hydroxyl groups excluding tert-OH is 2. The molecule has 0 bridgehead atoms. The van der Waals surface area contributed by atoms with Crippen LogP contribution in [0.2, 0.25) is 0 Å². The monoisotopic (exact) mass is 411 g/mol. The molecule has 0 aliphatic carbocycles. The summed E-state index contributed by atoms with van der Waals surface area (Å²) in [5.74, 6) is -0.484. The number of hydrogen-bond acceptors (Lipinski definition) is 4. The number of aryl methyl sites for hydroxylation is 1. The predicted molar refractivity (Wildman–Crippen MR) is 119 cm³/mol. The van der Waals surface area contributed by atoms with Crippen LogP contribution in [-0.2, 0) is 6.42 Å². The van der Waals surface area contributed by atoms with Gasteiger partial charge in [-0.1, -0.05) is 56.5 Å². The molecule has 0 fully saturated rings. The molecule has 30 heavy (non-hydrogen) atoms. The molecular weight excluding hydrogens is 378 g/mol. The van der Waals surface area contributed by atoms with Crippen LogP contribution in [-0.4, -0.2) is 40.2 Å². The van der Waals surface area contributed by atoms with E-state index in [-0.39, 0.29) is 11.7 Å². The lowest BCUT2D eigenvalue weighted by molar-refractivity contribution is -0.00830. The molecular formula is C25H33NO4. The van der Waals surface area contributed by atoms with Crippen LogP contribution < -0.4 is 5.32 Å². The highest BCUT2D eigenvalue weighted by Gasteiger charge is 2.28. The second kappa shape index (κ2) is 11.6. The Labute approximate surface area is 179 Å². The minimum Gasteiger partial charge on any atom is -0.390 e. The van der Waals surface area contributed by atoms with Crippen LogP contribution in [0, 0.1) is 6.92 Å². The minimum absolute atomic E-state index is 0.111. The molecule has 2 rings (SSSR count). The Morgan fingerprint density at radius 2 is 1.67 bits per heavy atom. The number of carbonyl (C=O) groups excluding carboxylic acids is 2. The van der Waals surface area contributed by atoms with Crippen molar-refractivity contribution in [3.8, 4) is 0 Å². The molecule has 0 aliphatic rings. The molecule has 0 spiro atoms. The number of ketones is 1. The second-order valence-electron chi connectivity index (χ2n) is 7.97. The lowest BCUT2D eigenvalue weighted by atomic mass is 9.94. The summed E-state index contributed by atoms with van der Waals surface area (Å²) in [6, 6.07) is 13.9. The fraction of sp³-hybridized carbons (Fsp3) is 0.440. The smallest absolute Gasteiger partial charge is 0.251 e. The zero-order valence-electron chi connectivity index (χ0n) is 18.1. The minimum atomic E-state index is -1.09. The molecule has 162 valence electrons. The highest BCUT2D eigenvalue weighted by atomic mass is 16.3. The summed E-state index contributed by atoms with van der Waals surface area (Å²) in [6.45, 7) is 5.38.